The van der Waals surface area contributed by atoms with Gasteiger partial charge in [-0.05, 0) is 31.0 Å². The van der Waals surface area contributed by atoms with Crippen molar-refractivity contribution >= 4 is 21.9 Å². The molecule has 0 unspecified atom stereocenters. The maximum atomic E-state index is 14.8. The molecule has 0 aliphatic rings. The number of benzene rings is 2. The van der Waals surface area contributed by atoms with Crippen molar-refractivity contribution in [3.05, 3.63) is 54.1 Å². The van der Waals surface area contributed by atoms with E-state index in [0.29, 0.717) is 30.2 Å². The Hall–Kier alpha value is -2.40. The van der Waals surface area contributed by atoms with Crippen LogP contribution in [0.2, 0.25) is 0 Å². The van der Waals surface area contributed by atoms with E-state index >= 15 is 0 Å². The van der Waals surface area contributed by atoms with E-state index in [1.807, 2.05) is 6.92 Å². The van der Waals surface area contributed by atoms with Gasteiger partial charge in [0.25, 0.3) is 0 Å². The van der Waals surface area contributed by atoms with Crippen LogP contribution in [-0.4, -0.2) is 11.7 Å². The highest BCUT2D eigenvalue weighted by Crippen LogP contribution is 2.37. The second-order valence-electron chi connectivity index (χ2n) is 6.29. The van der Waals surface area contributed by atoms with Crippen LogP contribution in [0, 0.1) is 11.6 Å². The van der Waals surface area contributed by atoms with E-state index in [4.69, 9.17) is 9.15 Å². The lowest BCUT2D eigenvalue weighted by molar-refractivity contribution is 0.160. The number of halogens is 2. The number of furan rings is 1. The van der Waals surface area contributed by atoms with E-state index in [0.717, 1.165) is 12.8 Å². The van der Waals surface area contributed by atoms with Crippen LogP contribution in [-0.2, 0) is 0 Å². The number of aliphatic hydroxyl groups is 1. The number of hydrogen-bond donors (Lipinski definition) is 1. The molecule has 3 nitrogen and oxygen atoms in total. The van der Waals surface area contributed by atoms with Crippen molar-refractivity contribution < 1.29 is 23.0 Å². The van der Waals surface area contributed by atoms with Crippen LogP contribution in [0.1, 0.15) is 44.3 Å². The van der Waals surface area contributed by atoms with Gasteiger partial charge in [0.05, 0.1) is 12.7 Å². The first-order valence-corrected chi connectivity index (χ1v) is 8.83. The monoisotopic (exact) mass is 360 g/mol. The number of unbranched alkanes of at least 4 members (excludes halogenated alkanes) is 1. The van der Waals surface area contributed by atoms with Crippen molar-refractivity contribution in [3.8, 4) is 5.75 Å². The van der Waals surface area contributed by atoms with Crippen LogP contribution in [0.25, 0.3) is 21.9 Å². The van der Waals surface area contributed by atoms with Crippen LogP contribution in [0.4, 0.5) is 8.78 Å². The van der Waals surface area contributed by atoms with Crippen LogP contribution in [0.3, 0.4) is 0 Å². The fourth-order valence-electron chi connectivity index (χ4n) is 3.01. The smallest absolute Gasteiger partial charge is 0.208 e. The van der Waals surface area contributed by atoms with E-state index in [9.17, 15) is 13.9 Å². The molecule has 5 heteroatoms. The zero-order chi connectivity index (χ0) is 18.7. The Morgan fingerprint density at radius 2 is 1.85 bits per heavy atom. The van der Waals surface area contributed by atoms with E-state index in [2.05, 4.69) is 6.58 Å². The molecule has 3 rings (SSSR count). The molecule has 3 aromatic rings. The number of ether oxygens (including phenoxy) is 1. The molecule has 0 aliphatic heterocycles. The molecule has 0 spiro atoms. The molecular formula is C21H22F2O3. The van der Waals surface area contributed by atoms with Gasteiger partial charge in [-0.25, -0.2) is 4.39 Å². The summed E-state index contributed by atoms with van der Waals surface area (Å²) in [6, 6.07) is 6.36. The van der Waals surface area contributed by atoms with Crippen molar-refractivity contribution in [2.45, 2.75) is 38.7 Å². The van der Waals surface area contributed by atoms with Crippen molar-refractivity contribution in [2.75, 3.05) is 6.61 Å². The van der Waals surface area contributed by atoms with Gasteiger partial charge in [0, 0.05) is 16.3 Å². The Balaban J connectivity index is 2.05. The first-order valence-electron chi connectivity index (χ1n) is 8.83. The second kappa shape index (κ2) is 7.87. The molecule has 0 saturated heterocycles. The fraction of sp³-hybridized carbons (Fsp3) is 0.333. The molecule has 0 aliphatic carbocycles. The first kappa shape index (κ1) is 18.4. The van der Waals surface area contributed by atoms with E-state index in [1.165, 1.54) is 6.07 Å². The van der Waals surface area contributed by atoms with Crippen molar-refractivity contribution in [1.29, 1.82) is 0 Å². The van der Waals surface area contributed by atoms with Gasteiger partial charge in [0.1, 0.15) is 0 Å². The van der Waals surface area contributed by atoms with Gasteiger partial charge >= 0.3 is 0 Å². The molecule has 0 bridgehead atoms. The predicted molar refractivity (Wildman–Crippen MR) is 98.4 cm³/mol. The summed E-state index contributed by atoms with van der Waals surface area (Å²) in [6.45, 7) is 5.89. The van der Waals surface area contributed by atoms with Gasteiger partial charge in [-0.2, -0.15) is 4.39 Å². The highest BCUT2D eigenvalue weighted by Gasteiger charge is 2.21. The van der Waals surface area contributed by atoms with Crippen molar-refractivity contribution in [2.24, 2.45) is 0 Å². The molecule has 1 aromatic heterocycles. The standard InChI is InChI=1S/C21H22F2O3/c1-3-5-7-16(24)15-9-8-13-14-10-11-17(25-12-6-4-2)19(23)21(14)26-20(13)18(15)22/h4,8-11,16,24H,2-3,5-7,12H2,1H3/t16-/m1/s1. The molecule has 1 N–H and O–H groups in total. The van der Waals surface area contributed by atoms with Crippen LogP contribution in [0.5, 0.6) is 5.75 Å². The maximum Gasteiger partial charge on any atom is 0.208 e. The normalized spacial score (nSPS) is 12.6. The first-order chi connectivity index (χ1) is 12.6. The van der Waals surface area contributed by atoms with Crippen LogP contribution < -0.4 is 4.74 Å². The molecule has 26 heavy (non-hydrogen) atoms. The summed E-state index contributed by atoms with van der Waals surface area (Å²) in [5.74, 6) is -1.24. The molecule has 0 amide bonds. The molecule has 0 saturated carbocycles. The molecule has 1 atom stereocenters. The number of hydrogen-bond acceptors (Lipinski definition) is 3. The number of aliphatic hydroxyl groups excluding tert-OH is 1. The van der Waals surface area contributed by atoms with Gasteiger partial charge in [0.2, 0.25) is 5.82 Å². The fourth-order valence-corrected chi connectivity index (χ4v) is 3.01. The zero-order valence-corrected chi connectivity index (χ0v) is 14.7. The molecule has 0 radical (unpaired) electrons. The van der Waals surface area contributed by atoms with E-state index in [-0.39, 0.29) is 22.5 Å². The molecule has 1 heterocycles. The minimum absolute atomic E-state index is 0.0461. The van der Waals surface area contributed by atoms with Gasteiger partial charge in [-0.1, -0.05) is 31.9 Å². The lowest BCUT2D eigenvalue weighted by atomic mass is 10.0. The van der Waals surface area contributed by atoms with Gasteiger partial charge in [-0.15, -0.1) is 6.58 Å². The molecular weight excluding hydrogens is 338 g/mol. The maximum absolute atomic E-state index is 14.8. The van der Waals surface area contributed by atoms with E-state index < -0.39 is 17.7 Å². The minimum atomic E-state index is -0.907. The highest BCUT2D eigenvalue weighted by molar-refractivity contribution is 6.05. The van der Waals surface area contributed by atoms with Crippen LogP contribution >= 0.6 is 0 Å². The predicted octanol–water partition coefficient (Wildman–Crippen LogP) is 6.04. The van der Waals surface area contributed by atoms with Gasteiger partial charge in [-0.3, -0.25) is 0 Å². The van der Waals surface area contributed by atoms with Gasteiger partial charge in [0.15, 0.2) is 22.7 Å². The zero-order valence-electron chi connectivity index (χ0n) is 14.7. The Kier molecular flexibility index (Phi) is 5.57. The average molecular weight is 360 g/mol. The summed E-state index contributed by atoms with van der Waals surface area (Å²) in [6.07, 6.45) is 3.53. The summed E-state index contributed by atoms with van der Waals surface area (Å²) in [5, 5.41) is 11.1. The topological polar surface area (TPSA) is 42.6 Å². The molecule has 138 valence electrons. The van der Waals surface area contributed by atoms with Crippen molar-refractivity contribution in [1.82, 2.24) is 0 Å². The Morgan fingerprint density at radius 3 is 2.54 bits per heavy atom. The lowest BCUT2D eigenvalue weighted by Gasteiger charge is -2.11. The molecule has 0 fully saturated rings. The quantitative estimate of drug-likeness (QED) is 0.393. The third-order valence-electron chi connectivity index (χ3n) is 4.45. The summed E-state index contributed by atoms with van der Waals surface area (Å²) in [4.78, 5) is 0. The third kappa shape index (κ3) is 3.31. The van der Waals surface area contributed by atoms with Gasteiger partial charge < -0.3 is 14.3 Å². The second-order valence-corrected chi connectivity index (χ2v) is 6.29. The average Bonchev–Trinajstić information content (AvgIpc) is 3.02. The summed E-state index contributed by atoms with van der Waals surface area (Å²) in [5.41, 5.74) is 0.0817. The third-order valence-corrected chi connectivity index (χ3v) is 4.45. The van der Waals surface area contributed by atoms with E-state index in [1.54, 1.807) is 24.3 Å². The highest BCUT2D eigenvalue weighted by atomic mass is 19.1. The summed E-state index contributed by atoms with van der Waals surface area (Å²) < 4.78 is 40.4. The summed E-state index contributed by atoms with van der Waals surface area (Å²) >= 11 is 0. The largest absolute Gasteiger partial charge is 0.490 e. The van der Waals surface area contributed by atoms with Crippen LogP contribution in [0.15, 0.2) is 41.3 Å². The Bertz CT molecular complexity index is 930. The number of rotatable bonds is 8. The summed E-state index contributed by atoms with van der Waals surface area (Å²) in [7, 11) is 0. The Labute approximate surface area is 150 Å². The SMILES string of the molecule is C=CCCOc1ccc2c(oc3c(F)c([C@H](O)CCCC)ccc32)c1F. The molecule has 2 aromatic carbocycles. The number of fused-ring (bicyclic) bond motifs is 3. The Morgan fingerprint density at radius 1 is 1.15 bits per heavy atom. The van der Waals surface area contributed by atoms with Crippen molar-refractivity contribution in [3.63, 3.8) is 0 Å². The lowest BCUT2D eigenvalue weighted by Crippen LogP contribution is -2.00. The minimum Gasteiger partial charge on any atom is -0.490 e.